The first-order valence-corrected chi connectivity index (χ1v) is 6.20. The standard InChI is InChI=1S/C13H17FN2O3/c14-10-3-1-2-9(6-10)7-15-13(18)16-11-4-5-19-8-12(11)17/h1-3,6,11-12,17H,4-5,7-8H2,(H2,15,16,18)/t11-,12-/m1/s1. The number of hydrogen-bond donors (Lipinski definition) is 3. The van der Waals surface area contributed by atoms with Crippen molar-refractivity contribution in [1.29, 1.82) is 0 Å². The van der Waals surface area contributed by atoms with Gasteiger partial charge in [-0.2, -0.15) is 0 Å². The molecular formula is C13H17FN2O3. The average Bonchev–Trinajstić information content (AvgIpc) is 2.39. The van der Waals surface area contributed by atoms with Gasteiger partial charge in [0.15, 0.2) is 0 Å². The smallest absolute Gasteiger partial charge is 0.315 e. The van der Waals surface area contributed by atoms with E-state index in [2.05, 4.69) is 10.6 Å². The van der Waals surface area contributed by atoms with Crippen LogP contribution in [0.25, 0.3) is 0 Å². The Hall–Kier alpha value is -1.66. The maximum Gasteiger partial charge on any atom is 0.315 e. The van der Waals surface area contributed by atoms with Crippen LogP contribution in [0, 0.1) is 5.82 Å². The van der Waals surface area contributed by atoms with Crippen molar-refractivity contribution in [2.45, 2.75) is 25.1 Å². The molecule has 1 aliphatic heterocycles. The van der Waals surface area contributed by atoms with E-state index in [0.29, 0.717) is 18.6 Å². The number of urea groups is 1. The van der Waals surface area contributed by atoms with Gasteiger partial charge in [0.1, 0.15) is 5.82 Å². The molecule has 0 radical (unpaired) electrons. The minimum Gasteiger partial charge on any atom is -0.389 e. The van der Waals surface area contributed by atoms with E-state index in [4.69, 9.17) is 4.74 Å². The molecule has 1 heterocycles. The summed E-state index contributed by atoms with van der Waals surface area (Å²) in [6, 6.07) is 5.35. The molecule has 0 aliphatic carbocycles. The van der Waals surface area contributed by atoms with Crippen LogP contribution in [-0.2, 0) is 11.3 Å². The molecule has 0 unspecified atom stereocenters. The Balaban J connectivity index is 1.78. The van der Waals surface area contributed by atoms with Crippen LogP contribution in [-0.4, -0.2) is 36.5 Å². The molecule has 2 rings (SSSR count). The lowest BCUT2D eigenvalue weighted by molar-refractivity contribution is -0.0247. The molecule has 1 fully saturated rings. The summed E-state index contributed by atoms with van der Waals surface area (Å²) in [4.78, 5) is 11.6. The van der Waals surface area contributed by atoms with Gasteiger partial charge in [0.2, 0.25) is 0 Å². The van der Waals surface area contributed by atoms with E-state index in [0.717, 1.165) is 0 Å². The average molecular weight is 268 g/mol. The van der Waals surface area contributed by atoms with Crippen molar-refractivity contribution < 1.29 is 19.0 Å². The van der Waals surface area contributed by atoms with Crippen LogP contribution in [0.3, 0.4) is 0 Å². The molecule has 1 saturated heterocycles. The second-order valence-corrected chi connectivity index (χ2v) is 4.49. The zero-order valence-electron chi connectivity index (χ0n) is 10.4. The molecule has 19 heavy (non-hydrogen) atoms. The zero-order chi connectivity index (χ0) is 13.7. The maximum absolute atomic E-state index is 12.9. The largest absolute Gasteiger partial charge is 0.389 e. The summed E-state index contributed by atoms with van der Waals surface area (Å²) in [5.74, 6) is -0.334. The number of benzene rings is 1. The van der Waals surface area contributed by atoms with E-state index in [1.807, 2.05) is 0 Å². The monoisotopic (exact) mass is 268 g/mol. The number of nitrogens with one attached hydrogen (secondary N) is 2. The summed E-state index contributed by atoms with van der Waals surface area (Å²) in [6.07, 6.45) is -0.108. The third-order valence-electron chi connectivity index (χ3n) is 2.98. The molecule has 2 amide bonds. The Labute approximate surface area is 110 Å². The summed E-state index contributed by atoms with van der Waals surface area (Å²) in [5, 5.41) is 14.9. The Morgan fingerprint density at radius 1 is 1.53 bits per heavy atom. The lowest BCUT2D eigenvalue weighted by Gasteiger charge is -2.28. The van der Waals surface area contributed by atoms with E-state index in [9.17, 15) is 14.3 Å². The fourth-order valence-corrected chi connectivity index (χ4v) is 1.94. The van der Waals surface area contributed by atoms with Gasteiger partial charge >= 0.3 is 6.03 Å². The zero-order valence-corrected chi connectivity index (χ0v) is 10.4. The highest BCUT2D eigenvalue weighted by Gasteiger charge is 2.24. The van der Waals surface area contributed by atoms with Gasteiger partial charge < -0.3 is 20.5 Å². The van der Waals surface area contributed by atoms with E-state index in [1.165, 1.54) is 12.1 Å². The van der Waals surface area contributed by atoms with Gasteiger partial charge in [-0.25, -0.2) is 9.18 Å². The second-order valence-electron chi connectivity index (χ2n) is 4.49. The number of hydrogen-bond acceptors (Lipinski definition) is 3. The van der Waals surface area contributed by atoms with Crippen LogP contribution in [0.15, 0.2) is 24.3 Å². The van der Waals surface area contributed by atoms with Crippen molar-refractivity contribution in [3.05, 3.63) is 35.6 Å². The van der Waals surface area contributed by atoms with Gasteiger partial charge in [0, 0.05) is 13.2 Å². The van der Waals surface area contributed by atoms with E-state index in [-0.39, 0.29) is 31.0 Å². The summed E-state index contributed by atoms with van der Waals surface area (Å²) in [7, 11) is 0. The topological polar surface area (TPSA) is 70.6 Å². The van der Waals surface area contributed by atoms with Crippen molar-refractivity contribution in [3.63, 3.8) is 0 Å². The lowest BCUT2D eigenvalue weighted by Crippen LogP contribution is -2.51. The summed E-state index contributed by atoms with van der Waals surface area (Å²) < 4.78 is 18.0. The highest BCUT2D eigenvalue weighted by Crippen LogP contribution is 2.07. The van der Waals surface area contributed by atoms with Crippen LogP contribution < -0.4 is 10.6 Å². The summed E-state index contributed by atoms with van der Waals surface area (Å²) in [6.45, 7) is 0.990. The second kappa shape index (κ2) is 6.49. The highest BCUT2D eigenvalue weighted by atomic mass is 19.1. The number of ether oxygens (including phenoxy) is 1. The van der Waals surface area contributed by atoms with Gasteiger partial charge in [-0.15, -0.1) is 0 Å². The van der Waals surface area contributed by atoms with E-state index in [1.54, 1.807) is 12.1 Å². The molecule has 6 heteroatoms. The Bertz CT molecular complexity index is 442. The number of carbonyl (C=O) groups excluding carboxylic acids is 1. The predicted molar refractivity (Wildman–Crippen MR) is 67.0 cm³/mol. The van der Waals surface area contributed by atoms with Crippen LogP contribution >= 0.6 is 0 Å². The minimum absolute atomic E-state index is 0.231. The summed E-state index contributed by atoms with van der Waals surface area (Å²) in [5.41, 5.74) is 0.683. The molecule has 0 saturated carbocycles. The Morgan fingerprint density at radius 3 is 3.11 bits per heavy atom. The molecule has 0 bridgehead atoms. The number of aliphatic hydroxyl groups is 1. The molecule has 2 atom stereocenters. The molecular weight excluding hydrogens is 251 g/mol. The SMILES string of the molecule is O=C(NCc1cccc(F)c1)N[C@@H]1CCOC[C@H]1O. The fourth-order valence-electron chi connectivity index (χ4n) is 1.94. The molecule has 0 spiro atoms. The molecule has 1 aliphatic rings. The van der Waals surface area contributed by atoms with E-state index >= 15 is 0 Å². The van der Waals surface area contributed by atoms with Crippen molar-refractivity contribution in [1.82, 2.24) is 10.6 Å². The van der Waals surface area contributed by atoms with Crippen LogP contribution in [0.1, 0.15) is 12.0 Å². The van der Waals surface area contributed by atoms with Crippen molar-refractivity contribution in [2.75, 3.05) is 13.2 Å². The van der Waals surface area contributed by atoms with Gasteiger partial charge in [-0.05, 0) is 24.1 Å². The van der Waals surface area contributed by atoms with Crippen LogP contribution in [0.2, 0.25) is 0 Å². The third kappa shape index (κ3) is 4.18. The van der Waals surface area contributed by atoms with Gasteiger partial charge in [-0.1, -0.05) is 12.1 Å². The number of halogens is 1. The molecule has 3 N–H and O–H groups in total. The van der Waals surface area contributed by atoms with Crippen molar-refractivity contribution in [3.8, 4) is 0 Å². The molecule has 5 nitrogen and oxygen atoms in total. The lowest BCUT2D eigenvalue weighted by atomic mass is 10.1. The van der Waals surface area contributed by atoms with Crippen LogP contribution in [0.4, 0.5) is 9.18 Å². The number of rotatable bonds is 3. The molecule has 1 aromatic rings. The highest BCUT2D eigenvalue weighted by molar-refractivity contribution is 5.74. The third-order valence-corrected chi connectivity index (χ3v) is 2.98. The normalized spacial score (nSPS) is 22.8. The van der Waals surface area contributed by atoms with Crippen LogP contribution in [0.5, 0.6) is 0 Å². The predicted octanol–water partition coefficient (Wildman–Crippen LogP) is 0.775. The van der Waals surface area contributed by atoms with Gasteiger partial charge in [0.25, 0.3) is 0 Å². The first-order chi connectivity index (χ1) is 9.15. The first-order valence-electron chi connectivity index (χ1n) is 6.20. The van der Waals surface area contributed by atoms with Gasteiger partial charge in [0.05, 0.1) is 18.8 Å². The first kappa shape index (κ1) is 13.8. The summed E-state index contributed by atoms with van der Waals surface area (Å²) >= 11 is 0. The minimum atomic E-state index is -0.686. The maximum atomic E-state index is 12.9. The van der Waals surface area contributed by atoms with Crippen molar-refractivity contribution in [2.24, 2.45) is 0 Å². The van der Waals surface area contributed by atoms with Crippen molar-refractivity contribution >= 4 is 6.03 Å². The van der Waals surface area contributed by atoms with Gasteiger partial charge in [-0.3, -0.25) is 0 Å². The Morgan fingerprint density at radius 2 is 2.37 bits per heavy atom. The molecule has 1 aromatic carbocycles. The number of amides is 2. The molecule has 104 valence electrons. The Kier molecular flexibility index (Phi) is 4.70. The number of aliphatic hydroxyl groups excluding tert-OH is 1. The molecule has 0 aromatic heterocycles. The van der Waals surface area contributed by atoms with E-state index < -0.39 is 6.10 Å². The fraction of sp³-hybridized carbons (Fsp3) is 0.462. The quantitative estimate of drug-likeness (QED) is 0.758. The number of carbonyl (C=O) groups is 1.